The van der Waals surface area contributed by atoms with Crippen LogP contribution >= 0.6 is 21.6 Å². The van der Waals surface area contributed by atoms with E-state index in [1.807, 2.05) is 0 Å². The molecule has 9 nitrogen and oxygen atoms in total. The van der Waals surface area contributed by atoms with Gasteiger partial charge < -0.3 is 15.2 Å². The van der Waals surface area contributed by atoms with Crippen LogP contribution in [0.1, 0.15) is 58.9 Å². The molecule has 2 atom stereocenters. The topological polar surface area (TPSA) is 141 Å². The summed E-state index contributed by atoms with van der Waals surface area (Å²) in [6, 6.07) is 6.69. The first-order chi connectivity index (χ1) is 16.0. The molecule has 1 aromatic rings. The number of amides is 1. The summed E-state index contributed by atoms with van der Waals surface area (Å²) in [4.78, 5) is 38.8. The number of hydrogen-bond acceptors (Lipinski definition) is 7. The Kier molecular flexibility index (Phi) is 13.5. The van der Waals surface area contributed by atoms with Crippen molar-refractivity contribution < 1.29 is 24.2 Å². The number of ether oxygens (including phenoxy) is 1. The first kappa shape index (κ1) is 29.7. The molecule has 0 bridgehead atoms. The lowest BCUT2D eigenvalue weighted by atomic mass is 10.0. The molecule has 0 saturated carbocycles. The van der Waals surface area contributed by atoms with E-state index >= 15 is 0 Å². The zero-order chi connectivity index (χ0) is 25.6. The van der Waals surface area contributed by atoms with E-state index in [0.717, 1.165) is 5.56 Å². The molecule has 2 N–H and O–H groups in total. The summed E-state index contributed by atoms with van der Waals surface area (Å²) in [5, 5.41) is 15.3. The van der Waals surface area contributed by atoms with Crippen molar-refractivity contribution in [3.8, 4) is 0 Å². The van der Waals surface area contributed by atoms with Gasteiger partial charge in [-0.3, -0.25) is 14.4 Å². The van der Waals surface area contributed by atoms with Crippen molar-refractivity contribution >= 4 is 45.1 Å². The van der Waals surface area contributed by atoms with Crippen molar-refractivity contribution in [2.45, 2.75) is 64.7 Å². The largest absolute Gasteiger partial charge is 0.481 e. The summed E-state index contributed by atoms with van der Waals surface area (Å²) in [6.45, 7) is 8.42. The molecule has 0 heterocycles. The minimum absolute atomic E-state index is 0.0226. The van der Waals surface area contributed by atoms with Crippen LogP contribution in [0.15, 0.2) is 29.4 Å². The summed E-state index contributed by atoms with van der Waals surface area (Å²) in [6.07, 6.45) is 1.91. The van der Waals surface area contributed by atoms with Crippen molar-refractivity contribution in [1.82, 2.24) is 5.32 Å². The third-order valence-electron chi connectivity index (χ3n) is 4.64. The van der Waals surface area contributed by atoms with Crippen LogP contribution in [0.25, 0.3) is 10.4 Å². The summed E-state index contributed by atoms with van der Waals surface area (Å²) < 4.78 is 5.38. The van der Waals surface area contributed by atoms with E-state index in [4.69, 9.17) is 15.4 Å². The minimum Gasteiger partial charge on any atom is -0.481 e. The fourth-order valence-electron chi connectivity index (χ4n) is 2.71. The van der Waals surface area contributed by atoms with Gasteiger partial charge in [0.15, 0.2) is 0 Å². The van der Waals surface area contributed by atoms with Gasteiger partial charge in [-0.05, 0) is 23.9 Å². The van der Waals surface area contributed by atoms with Crippen LogP contribution < -0.4 is 5.32 Å². The second-order valence-electron chi connectivity index (χ2n) is 8.92. The van der Waals surface area contributed by atoms with E-state index in [-0.39, 0.29) is 23.7 Å². The predicted molar refractivity (Wildman–Crippen MR) is 137 cm³/mol. The van der Waals surface area contributed by atoms with Crippen molar-refractivity contribution in [3.63, 3.8) is 0 Å². The lowest BCUT2D eigenvalue weighted by molar-refractivity contribution is -0.147. The molecule has 11 heteroatoms. The lowest BCUT2D eigenvalue weighted by Crippen LogP contribution is -2.34. The Morgan fingerprint density at radius 1 is 1.21 bits per heavy atom. The molecule has 0 unspecified atom stereocenters. The first-order valence-corrected chi connectivity index (χ1v) is 13.4. The Hall–Kier alpha value is -2.36. The summed E-state index contributed by atoms with van der Waals surface area (Å²) in [5.74, 6) is -1.95. The van der Waals surface area contributed by atoms with Gasteiger partial charge in [0.2, 0.25) is 5.91 Å². The molecule has 0 spiro atoms. The number of carbonyl (C=O) groups is 3. The van der Waals surface area contributed by atoms with E-state index in [0.29, 0.717) is 37.2 Å². The van der Waals surface area contributed by atoms with E-state index in [2.05, 4.69) is 36.1 Å². The van der Waals surface area contributed by atoms with Crippen LogP contribution in [0.5, 0.6) is 0 Å². The minimum atomic E-state index is -0.817. The third kappa shape index (κ3) is 13.4. The number of rotatable bonds is 15. The molecule has 1 rings (SSSR count). The average molecular weight is 511 g/mol. The van der Waals surface area contributed by atoms with E-state index in [9.17, 15) is 14.4 Å². The van der Waals surface area contributed by atoms with Gasteiger partial charge in [-0.1, -0.05) is 85.1 Å². The van der Waals surface area contributed by atoms with Crippen LogP contribution in [0.4, 0.5) is 5.69 Å². The van der Waals surface area contributed by atoms with Gasteiger partial charge in [0.05, 0.1) is 18.3 Å². The number of esters is 1. The van der Waals surface area contributed by atoms with Gasteiger partial charge >= 0.3 is 11.9 Å². The molecule has 0 saturated heterocycles. The molecule has 34 heavy (non-hydrogen) atoms. The van der Waals surface area contributed by atoms with Crippen molar-refractivity contribution in [2.75, 3.05) is 12.3 Å². The molecular formula is C23H34N4O5S2. The number of carboxylic acid groups (broad SMARTS) is 1. The van der Waals surface area contributed by atoms with Gasteiger partial charge in [-0.25, -0.2) is 0 Å². The molecule has 1 amide bonds. The smallest absolute Gasteiger partial charge is 0.306 e. The number of nitrogens with zero attached hydrogens (tertiary/aromatic N) is 3. The highest BCUT2D eigenvalue weighted by Crippen LogP contribution is 2.36. The van der Waals surface area contributed by atoms with Gasteiger partial charge in [0.25, 0.3) is 0 Å². The number of nitrogens with one attached hydrogen (secondary N) is 1. The standard InChI is InChI=1S/C23H34N4O5S2/c1-16(22(30)31)7-5-6-12-25-21(29)18(15-33-34-23(2,3)4)13-20(28)32-14-17-8-10-19(11-9-17)26-27-24/h8-11,16,18H,5-7,12-15H2,1-4H3,(H,25,29)(H,30,31)/t16-,18-/m0/s1. The Morgan fingerprint density at radius 2 is 1.88 bits per heavy atom. The van der Waals surface area contributed by atoms with Gasteiger partial charge in [0, 0.05) is 27.6 Å². The Bertz CT molecular complexity index is 852. The van der Waals surface area contributed by atoms with Gasteiger partial charge in [-0.15, -0.1) is 0 Å². The second kappa shape index (κ2) is 15.5. The fraction of sp³-hybridized carbons (Fsp3) is 0.609. The van der Waals surface area contributed by atoms with E-state index in [1.165, 1.54) is 0 Å². The molecule has 0 radical (unpaired) electrons. The number of benzene rings is 1. The van der Waals surface area contributed by atoms with Crippen LogP contribution in [0.3, 0.4) is 0 Å². The normalized spacial score (nSPS) is 12.8. The number of azide groups is 1. The second-order valence-corrected chi connectivity index (χ2v) is 12.1. The number of hydrogen-bond donors (Lipinski definition) is 2. The van der Waals surface area contributed by atoms with Crippen LogP contribution in [0, 0.1) is 11.8 Å². The molecule has 188 valence electrons. The molecule has 1 aromatic carbocycles. The van der Waals surface area contributed by atoms with E-state index in [1.54, 1.807) is 52.8 Å². The SMILES string of the molecule is C[C@@H](CCCCNC(=O)[C@H](CSSC(C)(C)C)CC(=O)OCc1ccc(N=[N+]=[N-])cc1)C(=O)O. The quantitative estimate of drug-likeness (QED) is 0.0751. The maximum Gasteiger partial charge on any atom is 0.306 e. The predicted octanol–water partition coefficient (Wildman–Crippen LogP) is 5.87. The van der Waals surface area contributed by atoms with Crippen molar-refractivity contribution in [2.24, 2.45) is 17.0 Å². The Balaban J connectivity index is 2.56. The summed E-state index contributed by atoms with van der Waals surface area (Å²) in [7, 11) is 3.21. The van der Waals surface area contributed by atoms with Crippen LogP contribution in [0.2, 0.25) is 0 Å². The van der Waals surface area contributed by atoms with Crippen molar-refractivity contribution in [1.29, 1.82) is 0 Å². The van der Waals surface area contributed by atoms with E-state index < -0.39 is 23.8 Å². The highest BCUT2D eigenvalue weighted by molar-refractivity contribution is 8.77. The zero-order valence-electron chi connectivity index (χ0n) is 20.2. The molecular weight excluding hydrogens is 476 g/mol. The molecule has 0 aliphatic rings. The van der Waals surface area contributed by atoms with Crippen LogP contribution in [-0.2, 0) is 25.7 Å². The Morgan fingerprint density at radius 3 is 2.47 bits per heavy atom. The van der Waals surface area contributed by atoms with Gasteiger partial charge in [-0.2, -0.15) is 0 Å². The maximum atomic E-state index is 12.7. The monoisotopic (exact) mass is 510 g/mol. The highest BCUT2D eigenvalue weighted by Gasteiger charge is 2.24. The molecule has 0 aliphatic carbocycles. The molecule has 0 aliphatic heterocycles. The average Bonchev–Trinajstić information content (AvgIpc) is 2.76. The maximum absolute atomic E-state index is 12.7. The molecule has 0 fully saturated rings. The summed E-state index contributed by atoms with van der Waals surface area (Å²) in [5.41, 5.74) is 9.68. The van der Waals surface area contributed by atoms with Gasteiger partial charge in [0.1, 0.15) is 6.61 Å². The fourth-order valence-corrected chi connectivity index (χ4v) is 5.32. The summed E-state index contributed by atoms with van der Waals surface area (Å²) >= 11 is 0. The number of aliphatic carboxylic acids is 1. The highest BCUT2D eigenvalue weighted by atomic mass is 33.1. The lowest BCUT2D eigenvalue weighted by Gasteiger charge is -2.20. The number of carbonyl (C=O) groups excluding carboxylic acids is 2. The molecule has 0 aromatic heterocycles. The Labute approximate surface area is 208 Å². The van der Waals surface area contributed by atoms with Crippen LogP contribution in [-0.4, -0.2) is 40.0 Å². The van der Waals surface area contributed by atoms with Crippen molar-refractivity contribution in [3.05, 3.63) is 40.3 Å². The number of carboxylic acids is 1. The first-order valence-electron chi connectivity index (χ1n) is 11.1. The third-order valence-corrected chi connectivity index (χ3v) is 8.06. The zero-order valence-corrected chi connectivity index (χ0v) is 21.8. The number of unbranched alkanes of at least 4 members (excludes halogenated alkanes) is 1.